The molecule has 0 aromatic carbocycles. The van der Waals surface area contributed by atoms with E-state index in [1.165, 1.54) is 5.56 Å². The second kappa shape index (κ2) is 7.48. The monoisotopic (exact) mass is 240 g/mol. The highest BCUT2D eigenvalue weighted by Gasteiger charge is 2.06. The van der Waals surface area contributed by atoms with E-state index >= 15 is 0 Å². The van der Waals surface area contributed by atoms with Gasteiger partial charge in [-0.2, -0.15) is 0 Å². The van der Waals surface area contributed by atoms with E-state index in [1.807, 2.05) is 21.0 Å². The molecule has 1 heterocycles. The third kappa shape index (κ3) is 5.35. The molecule has 4 nitrogen and oxygen atoms in total. The van der Waals surface area contributed by atoms with Crippen LogP contribution < -0.4 is 5.32 Å². The minimum absolute atomic E-state index is 0.556. The summed E-state index contributed by atoms with van der Waals surface area (Å²) in [4.78, 5) is 2.10. The molecule has 0 spiro atoms. The molecule has 1 aromatic heterocycles. The number of hydrogen-bond donors (Lipinski definition) is 1. The van der Waals surface area contributed by atoms with Crippen LogP contribution in [0, 0.1) is 6.92 Å². The molecule has 1 rings (SSSR count). The maximum absolute atomic E-state index is 5.64. The molecule has 0 bridgehead atoms. The van der Waals surface area contributed by atoms with Crippen molar-refractivity contribution in [2.75, 3.05) is 33.8 Å². The highest BCUT2D eigenvalue weighted by atomic mass is 16.5. The van der Waals surface area contributed by atoms with E-state index in [2.05, 4.69) is 23.2 Å². The van der Waals surface area contributed by atoms with Crippen molar-refractivity contribution in [2.24, 2.45) is 0 Å². The largest absolute Gasteiger partial charge is 0.464 e. The quantitative estimate of drug-likeness (QED) is 0.703. The molecule has 0 aliphatic heterocycles. The lowest BCUT2D eigenvalue weighted by atomic mass is 10.2. The van der Waals surface area contributed by atoms with Crippen molar-refractivity contribution in [2.45, 2.75) is 27.0 Å². The van der Waals surface area contributed by atoms with Crippen molar-refractivity contribution >= 4 is 0 Å². The van der Waals surface area contributed by atoms with Crippen LogP contribution in [0.25, 0.3) is 0 Å². The minimum Gasteiger partial charge on any atom is -0.464 e. The number of hydrogen-bond acceptors (Lipinski definition) is 4. The van der Waals surface area contributed by atoms with Gasteiger partial charge in [0.15, 0.2) is 0 Å². The van der Waals surface area contributed by atoms with E-state index in [-0.39, 0.29) is 0 Å². The molecular formula is C13H24N2O2. The van der Waals surface area contributed by atoms with E-state index in [0.29, 0.717) is 6.61 Å². The molecule has 1 N–H and O–H groups in total. The zero-order valence-electron chi connectivity index (χ0n) is 11.4. The number of rotatable bonds is 8. The Balaban J connectivity index is 2.33. The van der Waals surface area contributed by atoms with E-state index in [4.69, 9.17) is 9.15 Å². The lowest BCUT2D eigenvalue weighted by molar-refractivity contribution is 0.0921. The molecule has 98 valence electrons. The lowest BCUT2D eigenvalue weighted by Gasteiger charge is -2.08. The lowest BCUT2D eigenvalue weighted by Crippen LogP contribution is -2.17. The summed E-state index contributed by atoms with van der Waals surface area (Å²) in [7, 11) is 4.07. The van der Waals surface area contributed by atoms with Crippen molar-refractivity contribution in [3.8, 4) is 0 Å². The van der Waals surface area contributed by atoms with Crippen LogP contribution in [-0.4, -0.2) is 38.7 Å². The van der Waals surface area contributed by atoms with Gasteiger partial charge in [-0.1, -0.05) is 6.92 Å². The topological polar surface area (TPSA) is 37.6 Å². The summed E-state index contributed by atoms with van der Waals surface area (Å²) in [6.45, 7) is 8.15. The third-order valence-corrected chi connectivity index (χ3v) is 2.56. The van der Waals surface area contributed by atoms with Gasteiger partial charge in [0.25, 0.3) is 0 Å². The van der Waals surface area contributed by atoms with Gasteiger partial charge in [-0.05, 0) is 33.6 Å². The Morgan fingerprint density at radius 2 is 2.18 bits per heavy atom. The fourth-order valence-corrected chi connectivity index (χ4v) is 1.51. The summed E-state index contributed by atoms with van der Waals surface area (Å²) in [6.07, 6.45) is 0. The third-order valence-electron chi connectivity index (χ3n) is 2.56. The fraction of sp³-hybridized carbons (Fsp3) is 0.692. The Hall–Kier alpha value is -0.840. The minimum atomic E-state index is 0.556. The summed E-state index contributed by atoms with van der Waals surface area (Å²) in [5.41, 5.74) is 1.22. The van der Waals surface area contributed by atoms with E-state index in [1.54, 1.807) is 0 Å². The predicted octanol–water partition coefficient (Wildman–Crippen LogP) is 1.78. The van der Waals surface area contributed by atoms with Gasteiger partial charge >= 0.3 is 0 Å². The molecule has 0 aliphatic rings. The van der Waals surface area contributed by atoms with Gasteiger partial charge in [-0.25, -0.2) is 0 Å². The van der Waals surface area contributed by atoms with Crippen LogP contribution in [0.3, 0.4) is 0 Å². The van der Waals surface area contributed by atoms with Gasteiger partial charge in [-0.15, -0.1) is 0 Å². The first kappa shape index (κ1) is 14.2. The molecule has 0 unspecified atom stereocenters. The van der Waals surface area contributed by atoms with Crippen molar-refractivity contribution in [3.05, 3.63) is 23.2 Å². The van der Waals surface area contributed by atoms with Crippen LogP contribution in [0.2, 0.25) is 0 Å². The number of nitrogens with zero attached hydrogens (tertiary/aromatic N) is 1. The molecular weight excluding hydrogens is 216 g/mol. The second-order valence-corrected chi connectivity index (χ2v) is 4.43. The Labute approximate surface area is 104 Å². The van der Waals surface area contributed by atoms with Gasteiger partial charge < -0.3 is 19.4 Å². The number of likely N-dealkylation sites (N-methyl/N-ethyl adjacent to an activating group) is 1. The van der Waals surface area contributed by atoms with Gasteiger partial charge in [-0.3, -0.25) is 0 Å². The number of aryl methyl sites for hydroxylation is 1. The fourth-order valence-electron chi connectivity index (χ4n) is 1.51. The standard InChI is InChI=1S/C13H24N2O2/c1-5-14-9-12-8-13(17-11(12)2)10-16-7-6-15(3)4/h8,14H,5-7,9-10H2,1-4H3. The van der Waals surface area contributed by atoms with Crippen LogP contribution >= 0.6 is 0 Å². The van der Waals surface area contributed by atoms with Crippen LogP contribution in [0.4, 0.5) is 0 Å². The highest BCUT2D eigenvalue weighted by molar-refractivity contribution is 5.20. The maximum atomic E-state index is 5.64. The van der Waals surface area contributed by atoms with E-state index in [0.717, 1.165) is 37.8 Å². The first-order valence-corrected chi connectivity index (χ1v) is 6.14. The smallest absolute Gasteiger partial charge is 0.130 e. The predicted molar refractivity (Wildman–Crippen MR) is 69.0 cm³/mol. The molecule has 4 heteroatoms. The highest BCUT2D eigenvalue weighted by Crippen LogP contribution is 2.15. The average molecular weight is 240 g/mol. The first-order valence-electron chi connectivity index (χ1n) is 6.14. The number of nitrogens with one attached hydrogen (secondary N) is 1. The zero-order chi connectivity index (χ0) is 12.7. The Morgan fingerprint density at radius 1 is 1.41 bits per heavy atom. The van der Waals surface area contributed by atoms with E-state index < -0.39 is 0 Å². The van der Waals surface area contributed by atoms with Crippen LogP contribution in [-0.2, 0) is 17.9 Å². The molecule has 0 atom stereocenters. The van der Waals surface area contributed by atoms with Crippen molar-refractivity contribution in [1.29, 1.82) is 0 Å². The number of ether oxygens (including phenoxy) is 1. The maximum Gasteiger partial charge on any atom is 0.130 e. The second-order valence-electron chi connectivity index (χ2n) is 4.43. The Morgan fingerprint density at radius 3 is 2.82 bits per heavy atom. The number of furan rings is 1. The summed E-state index contributed by atoms with van der Waals surface area (Å²) in [5, 5.41) is 3.29. The molecule has 0 fully saturated rings. The molecule has 0 radical (unpaired) electrons. The van der Waals surface area contributed by atoms with Crippen molar-refractivity contribution in [3.63, 3.8) is 0 Å². The van der Waals surface area contributed by atoms with Crippen molar-refractivity contribution < 1.29 is 9.15 Å². The van der Waals surface area contributed by atoms with Crippen molar-refractivity contribution in [1.82, 2.24) is 10.2 Å². The Bertz CT molecular complexity index is 321. The summed E-state index contributed by atoms with van der Waals surface area (Å²) in [6, 6.07) is 2.08. The van der Waals surface area contributed by atoms with Crippen LogP contribution in [0.5, 0.6) is 0 Å². The van der Waals surface area contributed by atoms with E-state index in [9.17, 15) is 0 Å². The summed E-state index contributed by atoms with van der Waals surface area (Å²) in [5.74, 6) is 1.89. The molecule has 1 aromatic rings. The first-order chi connectivity index (χ1) is 8.13. The van der Waals surface area contributed by atoms with Gasteiger partial charge in [0, 0.05) is 18.7 Å². The zero-order valence-corrected chi connectivity index (χ0v) is 11.4. The molecule has 0 amide bonds. The average Bonchev–Trinajstić information content (AvgIpc) is 2.62. The van der Waals surface area contributed by atoms with Crippen LogP contribution in [0.15, 0.2) is 10.5 Å². The normalized spacial score (nSPS) is 11.4. The molecule has 0 saturated heterocycles. The molecule has 0 aliphatic carbocycles. The summed E-state index contributed by atoms with van der Waals surface area (Å²) < 4.78 is 11.2. The Kier molecular flexibility index (Phi) is 6.26. The SMILES string of the molecule is CCNCc1cc(COCCN(C)C)oc1C. The van der Waals surface area contributed by atoms with Gasteiger partial charge in [0.05, 0.1) is 6.61 Å². The van der Waals surface area contributed by atoms with Gasteiger partial charge in [0.2, 0.25) is 0 Å². The molecule has 17 heavy (non-hydrogen) atoms. The van der Waals surface area contributed by atoms with Crippen LogP contribution in [0.1, 0.15) is 24.0 Å². The summed E-state index contributed by atoms with van der Waals surface area (Å²) >= 11 is 0. The van der Waals surface area contributed by atoms with Gasteiger partial charge in [0.1, 0.15) is 18.1 Å². The molecule has 0 saturated carbocycles.